The number of nitrogens with zero attached hydrogens (tertiary/aromatic N) is 2. The zero-order valence-electron chi connectivity index (χ0n) is 21.4. The second-order valence-electron chi connectivity index (χ2n) is 10.2. The Morgan fingerprint density at radius 2 is 1.24 bits per heavy atom. The van der Waals surface area contributed by atoms with E-state index in [0.29, 0.717) is 0 Å². The van der Waals surface area contributed by atoms with Crippen molar-refractivity contribution in [2.75, 3.05) is 19.0 Å². The molecule has 2 heterocycles. The summed E-state index contributed by atoms with van der Waals surface area (Å²) in [7, 11) is 4.26. The molecule has 0 fully saturated rings. The monoisotopic (exact) mass is 877 g/mol. The van der Waals surface area contributed by atoms with Gasteiger partial charge in [-0.05, 0) is 122 Å². The molecule has 0 aromatic heterocycles. The van der Waals surface area contributed by atoms with Gasteiger partial charge < -0.3 is 4.90 Å². The summed E-state index contributed by atoms with van der Waals surface area (Å²) in [5.41, 5.74) is 7.24. The van der Waals surface area contributed by atoms with Gasteiger partial charge in [-0.25, -0.2) is 0 Å². The average Bonchev–Trinajstić information content (AvgIpc) is 3.12. The van der Waals surface area contributed by atoms with Gasteiger partial charge in [-0.3, -0.25) is 0 Å². The molecule has 2 aliphatic rings. The Kier molecular flexibility index (Phi) is 8.81. The summed E-state index contributed by atoms with van der Waals surface area (Å²) in [5.74, 6) is 0. The van der Waals surface area contributed by atoms with Gasteiger partial charge in [-0.2, -0.15) is 4.58 Å². The lowest BCUT2D eigenvalue weighted by Gasteiger charge is -2.24. The third-order valence-electron chi connectivity index (χ3n) is 7.21. The zero-order chi connectivity index (χ0) is 27.4. The van der Waals surface area contributed by atoms with Crippen LogP contribution in [0.15, 0.2) is 87.2 Å². The van der Waals surface area contributed by atoms with Crippen molar-refractivity contribution in [3.05, 3.63) is 98.3 Å². The standard InChI is InChI=1S/C29H27Br6N2/c1-28(2)20(36(5)18-14-16(30)24(32)26(34)22(18)28)12-10-8-7-9-11-13-21-29(3,4)23-19(37(21)6)15-17(31)25(33)27(23)35/h7-15H,1-6H3/q+1. The van der Waals surface area contributed by atoms with Crippen molar-refractivity contribution in [2.24, 2.45) is 0 Å². The van der Waals surface area contributed by atoms with E-state index in [4.69, 9.17) is 0 Å². The number of rotatable bonds is 4. The lowest BCUT2D eigenvalue weighted by molar-refractivity contribution is -0.401. The smallest absolute Gasteiger partial charge is 0.211 e. The van der Waals surface area contributed by atoms with E-state index >= 15 is 0 Å². The normalized spacial score (nSPS) is 19.4. The van der Waals surface area contributed by atoms with Gasteiger partial charge in [0, 0.05) is 68.4 Å². The van der Waals surface area contributed by atoms with E-state index in [1.54, 1.807) is 0 Å². The van der Waals surface area contributed by atoms with Crippen molar-refractivity contribution in [3.63, 3.8) is 0 Å². The van der Waals surface area contributed by atoms with Gasteiger partial charge in [-0.1, -0.05) is 44.2 Å². The number of fused-ring (bicyclic) bond motifs is 2. The van der Waals surface area contributed by atoms with Crippen LogP contribution in [0, 0.1) is 0 Å². The van der Waals surface area contributed by atoms with Crippen molar-refractivity contribution in [1.29, 1.82) is 0 Å². The fourth-order valence-corrected chi connectivity index (χ4v) is 9.18. The summed E-state index contributed by atoms with van der Waals surface area (Å²) in [6, 6.07) is 4.35. The molecular weight excluding hydrogens is 856 g/mol. The van der Waals surface area contributed by atoms with E-state index in [0.717, 1.165) is 26.8 Å². The summed E-state index contributed by atoms with van der Waals surface area (Å²) in [6.45, 7) is 9.07. The molecule has 4 rings (SSSR count). The average molecular weight is 883 g/mol. The minimum Gasteiger partial charge on any atom is -0.347 e. The van der Waals surface area contributed by atoms with Crippen LogP contribution in [0.3, 0.4) is 0 Å². The highest BCUT2D eigenvalue weighted by atomic mass is 79.9. The van der Waals surface area contributed by atoms with Gasteiger partial charge in [0.2, 0.25) is 5.69 Å². The number of benzene rings is 2. The topological polar surface area (TPSA) is 6.25 Å². The first kappa shape index (κ1) is 29.7. The fourth-order valence-electron chi connectivity index (χ4n) is 5.36. The first-order valence-corrected chi connectivity index (χ1v) is 16.4. The van der Waals surface area contributed by atoms with Crippen LogP contribution in [0.1, 0.15) is 38.8 Å². The van der Waals surface area contributed by atoms with Gasteiger partial charge in [0.05, 0.1) is 11.0 Å². The van der Waals surface area contributed by atoms with Gasteiger partial charge in [-0.15, -0.1) is 0 Å². The van der Waals surface area contributed by atoms with Gasteiger partial charge in [0.15, 0.2) is 5.71 Å². The maximum Gasteiger partial charge on any atom is 0.211 e. The molecule has 0 radical (unpaired) electrons. The van der Waals surface area contributed by atoms with Crippen molar-refractivity contribution in [3.8, 4) is 0 Å². The van der Waals surface area contributed by atoms with Crippen LogP contribution in [-0.2, 0) is 10.8 Å². The Hall–Kier alpha value is -0.250. The highest BCUT2D eigenvalue weighted by Crippen LogP contribution is 2.53. The van der Waals surface area contributed by atoms with E-state index in [-0.39, 0.29) is 10.8 Å². The van der Waals surface area contributed by atoms with Gasteiger partial charge in [0.1, 0.15) is 7.05 Å². The van der Waals surface area contributed by atoms with Crippen LogP contribution in [-0.4, -0.2) is 24.4 Å². The SMILES string of the molecule is CN1/C(=C/C=C/C=C/C=C/C2=[N+](C)c3cc(Br)c(Br)c(Br)c3C2(C)C)C(C)(C)c2c1cc(Br)c(Br)c2Br. The molecule has 0 saturated heterocycles. The molecule has 0 atom stereocenters. The van der Waals surface area contributed by atoms with Crippen molar-refractivity contribution < 1.29 is 4.58 Å². The second kappa shape index (κ2) is 11.0. The zero-order valence-corrected chi connectivity index (χ0v) is 30.9. The highest BCUT2D eigenvalue weighted by Gasteiger charge is 2.45. The number of allylic oxidation sites excluding steroid dienone is 8. The van der Waals surface area contributed by atoms with Gasteiger partial charge in [0.25, 0.3) is 0 Å². The molecule has 2 aromatic carbocycles. The molecule has 0 saturated carbocycles. The van der Waals surface area contributed by atoms with E-state index in [1.807, 2.05) is 0 Å². The van der Waals surface area contributed by atoms with Crippen LogP contribution in [0.2, 0.25) is 0 Å². The predicted octanol–water partition coefficient (Wildman–Crippen LogP) is 11.2. The third-order valence-corrected chi connectivity index (χ3v) is 13.8. The molecule has 2 aliphatic heterocycles. The Morgan fingerprint density at radius 3 is 1.89 bits per heavy atom. The summed E-state index contributed by atoms with van der Waals surface area (Å²) in [6.07, 6.45) is 14.9. The first-order valence-electron chi connectivity index (χ1n) is 11.7. The molecular formula is C29H27Br6N2+. The predicted molar refractivity (Wildman–Crippen MR) is 180 cm³/mol. The number of likely N-dealkylation sites (N-methyl/N-ethyl adjacent to an activating group) is 1. The molecule has 0 N–H and O–H groups in total. The lowest BCUT2D eigenvalue weighted by atomic mass is 9.81. The number of anilines is 1. The van der Waals surface area contributed by atoms with Crippen LogP contribution >= 0.6 is 95.6 Å². The molecule has 194 valence electrons. The van der Waals surface area contributed by atoms with E-state index in [2.05, 4.69) is 202 Å². The maximum absolute atomic E-state index is 3.80. The largest absolute Gasteiger partial charge is 0.347 e. The van der Waals surface area contributed by atoms with E-state index in [1.165, 1.54) is 33.9 Å². The molecule has 37 heavy (non-hydrogen) atoms. The Balaban J connectivity index is 1.53. The van der Waals surface area contributed by atoms with Crippen LogP contribution in [0.5, 0.6) is 0 Å². The number of hydrogen-bond acceptors (Lipinski definition) is 1. The molecule has 0 amide bonds. The van der Waals surface area contributed by atoms with E-state index in [9.17, 15) is 0 Å². The molecule has 0 unspecified atom stereocenters. The molecule has 0 bridgehead atoms. The molecule has 0 aliphatic carbocycles. The number of halogens is 6. The Morgan fingerprint density at radius 1 is 0.703 bits per heavy atom. The van der Waals surface area contributed by atoms with Crippen molar-refractivity contribution in [1.82, 2.24) is 0 Å². The summed E-state index contributed by atoms with van der Waals surface area (Å²) >= 11 is 22.3. The van der Waals surface area contributed by atoms with Crippen molar-refractivity contribution >= 4 is 113 Å². The van der Waals surface area contributed by atoms with E-state index < -0.39 is 0 Å². The minimum atomic E-state index is -0.122. The third kappa shape index (κ3) is 5.06. The fraction of sp³-hybridized carbons (Fsp3) is 0.276. The summed E-state index contributed by atoms with van der Waals surface area (Å²) < 4.78 is 8.63. The van der Waals surface area contributed by atoms with Gasteiger partial charge >= 0.3 is 0 Å². The van der Waals surface area contributed by atoms with Crippen molar-refractivity contribution in [2.45, 2.75) is 38.5 Å². The number of hydrogen-bond donors (Lipinski definition) is 0. The molecule has 2 aromatic rings. The first-order chi connectivity index (χ1) is 17.2. The minimum absolute atomic E-state index is 0.122. The van der Waals surface area contributed by atoms with Crippen LogP contribution in [0.4, 0.5) is 11.4 Å². The Labute approximate surface area is 270 Å². The lowest BCUT2D eigenvalue weighted by Crippen LogP contribution is -2.27. The molecule has 2 nitrogen and oxygen atoms in total. The maximum atomic E-state index is 3.80. The van der Waals surface area contributed by atoms with Crippen LogP contribution in [0.25, 0.3) is 0 Å². The summed E-state index contributed by atoms with van der Waals surface area (Å²) in [4.78, 5) is 2.27. The second-order valence-corrected chi connectivity index (χ2v) is 15.1. The highest BCUT2D eigenvalue weighted by molar-refractivity contribution is 9.15. The Bertz CT molecular complexity index is 1460. The molecule has 0 spiro atoms. The van der Waals surface area contributed by atoms with Crippen LogP contribution < -0.4 is 4.90 Å². The quantitative estimate of drug-likeness (QED) is 0.168. The summed E-state index contributed by atoms with van der Waals surface area (Å²) in [5, 5.41) is 0. The molecule has 8 heteroatoms.